The molecule has 9 heteroatoms. The molecule has 0 radical (unpaired) electrons. The van der Waals surface area contributed by atoms with Gasteiger partial charge in [-0.2, -0.15) is 13.2 Å². The number of thiophene rings is 1. The van der Waals surface area contributed by atoms with Crippen LogP contribution in [0.15, 0.2) is 65.0 Å². The fourth-order valence-electron chi connectivity index (χ4n) is 3.40. The Morgan fingerprint density at radius 2 is 1.84 bits per heavy atom. The number of halogens is 3. The number of rotatable bonds is 5. The van der Waals surface area contributed by atoms with Crippen LogP contribution in [0.25, 0.3) is 21.3 Å². The number of aryl methyl sites for hydroxylation is 1. The lowest BCUT2D eigenvalue weighted by molar-refractivity contribution is -0.137. The minimum absolute atomic E-state index is 0.362. The molecule has 1 amide bonds. The summed E-state index contributed by atoms with van der Waals surface area (Å²) in [6.45, 7) is 1.59. The maximum Gasteiger partial charge on any atom is 0.418 e. The van der Waals surface area contributed by atoms with E-state index < -0.39 is 29.8 Å². The number of carbonyl (C=O) groups is 1. The van der Waals surface area contributed by atoms with Gasteiger partial charge in [-0.1, -0.05) is 43.3 Å². The van der Waals surface area contributed by atoms with Crippen molar-refractivity contribution in [3.05, 3.63) is 81.7 Å². The molecule has 1 N–H and O–H groups in total. The van der Waals surface area contributed by atoms with Crippen LogP contribution in [0.3, 0.4) is 0 Å². The van der Waals surface area contributed by atoms with E-state index >= 15 is 0 Å². The summed E-state index contributed by atoms with van der Waals surface area (Å²) >= 11 is 1.32. The van der Waals surface area contributed by atoms with Crippen molar-refractivity contribution in [2.75, 3.05) is 5.32 Å². The average Bonchev–Trinajstić information content (AvgIpc) is 3.20. The summed E-state index contributed by atoms with van der Waals surface area (Å²) in [6.07, 6.45) is -2.48. The van der Waals surface area contributed by atoms with Gasteiger partial charge in [0.05, 0.1) is 23.0 Å². The lowest BCUT2D eigenvalue weighted by atomic mass is 10.0. The molecule has 32 heavy (non-hydrogen) atoms. The zero-order chi connectivity index (χ0) is 22.9. The van der Waals surface area contributed by atoms with Crippen LogP contribution >= 0.6 is 11.3 Å². The Morgan fingerprint density at radius 1 is 1.12 bits per heavy atom. The topological polar surface area (TPSA) is 64.0 Å². The normalized spacial score (nSPS) is 11.6. The first-order valence-electron chi connectivity index (χ1n) is 9.80. The van der Waals surface area contributed by atoms with Crippen LogP contribution in [0.2, 0.25) is 0 Å². The number of amides is 1. The number of fused-ring (bicyclic) bond motifs is 1. The molecule has 4 aromatic rings. The van der Waals surface area contributed by atoms with Crippen LogP contribution in [-0.2, 0) is 23.9 Å². The lowest BCUT2D eigenvalue weighted by Gasteiger charge is -2.14. The van der Waals surface area contributed by atoms with Crippen molar-refractivity contribution in [1.29, 1.82) is 0 Å². The summed E-state index contributed by atoms with van der Waals surface area (Å²) < 4.78 is 40.6. The summed E-state index contributed by atoms with van der Waals surface area (Å²) in [5.74, 6) is -0.756. The molecule has 5 nitrogen and oxygen atoms in total. The van der Waals surface area contributed by atoms with Crippen molar-refractivity contribution >= 4 is 33.1 Å². The number of carbonyl (C=O) groups excluding carboxylic acids is 1. The van der Waals surface area contributed by atoms with E-state index in [4.69, 9.17) is 0 Å². The zero-order valence-electron chi connectivity index (χ0n) is 16.9. The summed E-state index contributed by atoms with van der Waals surface area (Å²) in [5, 5.41) is 4.47. The van der Waals surface area contributed by atoms with E-state index in [1.165, 1.54) is 41.4 Å². The first kappa shape index (κ1) is 21.8. The van der Waals surface area contributed by atoms with Gasteiger partial charge in [-0.15, -0.1) is 11.3 Å². The van der Waals surface area contributed by atoms with Crippen LogP contribution in [0.5, 0.6) is 0 Å². The molecule has 2 aromatic heterocycles. The van der Waals surface area contributed by atoms with Gasteiger partial charge in [0.25, 0.3) is 5.56 Å². The fourth-order valence-corrected chi connectivity index (χ4v) is 4.30. The molecule has 2 aromatic carbocycles. The predicted molar refractivity (Wildman–Crippen MR) is 119 cm³/mol. The third-order valence-electron chi connectivity index (χ3n) is 5.05. The van der Waals surface area contributed by atoms with Crippen LogP contribution in [0.4, 0.5) is 18.9 Å². The van der Waals surface area contributed by atoms with E-state index in [0.29, 0.717) is 15.8 Å². The quantitative estimate of drug-likeness (QED) is 0.440. The Kier molecular flexibility index (Phi) is 5.84. The number of nitrogens with one attached hydrogen (secondary N) is 1. The molecule has 0 saturated heterocycles. The van der Waals surface area contributed by atoms with Crippen molar-refractivity contribution in [3.8, 4) is 11.1 Å². The van der Waals surface area contributed by atoms with Gasteiger partial charge in [0.1, 0.15) is 11.4 Å². The van der Waals surface area contributed by atoms with Gasteiger partial charge >= 0.3 is 6.18 Å². The number of anilines is 1. The predicted octanol–water partition coefficient (Wildman–Crippen LogP) is 5.34. The summed E-state index contributed by atoms with van der Waals surface area (Å²) in [6, 6.07) is 12.5. The first-order chi connectivity index (χ1) is 15.3. The largest absolute Gasteiger partial charge is 0.418 e. The number of aromatic nitrogens is 2. The number of hydrogen-bond donors (Lipinski definition) is 1. The maximum absolute atomic E-state index is 13.2. The number of alkyl halides is 3. The molecular weight excluding hydrogens is 439 g/mol. The second kappa shape index (κ2) is 8.58. The fraction of sp³-hybridized carbons (Fsp3) is 0.174. The van der Waals surface area contributed by atoms with Crippen molar-refractivity contribution in [3.63, 3.8) is 0 Å². The lowest BCUT2D eigenvalue weighted by Crippen LogP contribution is -2.28. The standard InChI is InChI=1S/C23H18F3N3O2S/c1-2-14-7-9-15(10-8-14)16-12-32-21-20(16)22(31)29(13-27-21)11-19(30)28-18-6-4-3-5-17(18)23(24,25)26/h3-10,12-13H,2,11H2,1H3,(H,28,30). The monoisotopic (exact) mass is 457 g/mol. The Hall–Kier alpha value is -3.46. The first-order valence-corrected chi connectivity index (χ1v) is 10.7. The van der Waals surface area contributed by atoms with E-state index in [0.717, 1.165) is 22.6 Å². The van der Waals surface area contributed by atoms with E-state index in [-0.39, 0.29) is 5.69 Å². The highest BCUT2D eigenvalue weighted by Gasteiger charge is 2.33. The molecule has 0 bridgehead atoms. The highest BCUT2D eigenvalue weighted by atomic mass is 32.1. The Bertz CT molecular complexity index is 1340. The van der Waals surface area contributed by atoms with Gasteiger partial charge in [0, 0.05) is 10.9 Å². The number of para-hydroxylation sites is 1. The number of nitrogens with zero attached hydrogens (tertiary/aromatic N) is 2. The highest BCUT2D eigenvalue weighted by Crippen LogP contribution is 2.34. The maximum atomic E-state index is 13.2. The zero-order valence-corrected chi connectivity index (χ0v) is 17.8. The molecule has 0 saturated carbocycles. The number of benzene rings is 2. The van der Waals surface area contributed by atoms with Gasteiger partial charge in [0.15, 0.2) is 0 Å². The van der Waals surface area contributed by atoms with Gasteiger partial charge in [-0.25, -0.2) is 4.98 Å². The molecule has 0 atom stereocenters. The molecule has 0 aliphatic carbocycles. The van der Waals surface area contributed by atoms with Gasteiger partial charge in [-0.05, 0) is 29.7 Å². The van der Waals surface area contributed by atoms with Crippen LogP contribution in [0, 0.1) is 0 Å². The Morgan fingerprint density at radius 3 is 2.53 bits per heavy atom. The molecule has 0 aliphatic rings. The molecule has 0 aliphatic heterocycles. The second-order valence-corrected chi connectivity index (χ2v) is 8.01. The Labute approximate surface area is 185 Å². The van der Waals surface area contributed by atoms with Crippen LogP contribution in [-0.4, -0.2) is 15.5 Å². The molecular formula is C23H18F3N3O2S. The van der Waals surface area contributed by atoms with E-state index in [9.17, 15) is 22.8 Å². The molecule has 2 heterocycles. The minimum atomic E-state index is -4.61. The molecule has 0 spiro atoms. The molecule has 4 rings (SSSR count). The molecule has 0 fully saturated rings. The smallest absolute Gasteiger partial charge is 0.324 e. The molecule has 0 unspecified atom stereocenters. The minimum Gasteiger partial charge on any atom is -0.324 e. The Balaban J connectivity index is 1.64. The van der Waals surface area contributed by atoms with Crippen molar-refractivity contribution in [2.45, 2.75) is 26.1 Å². The SMILES string of the molecule is CCc1ccc(-c2csc3ncn(CC(=O)Nc4ccccc4C(F)(F)F)c(=O)c23)cc1. The van der Waals surface area contributed by atoms with Crippen molar-refractivity contribution < 1.29 is 18.0 Å². The van der Waals surface area contributed by atoms with Gasteiger partial charge < -0.3 is 5.32 Å². The van der Waals surface area contributed by atoms with Crippen LogP contribution < -0.4 is 10.9 Å². The third kappa shape index (κ3) is 4.29. The number of hydrogen-bond acceptors (Lipinski definition) is 4. The summed E-state index contributed by atoms with van der Waals surface area (Å²) in [4.78, 5) is 30.3. The van der Waals surface area contributed by atoms with E-state index in [1.54, 1.807) is 0 Å². The highest BCUT2D eigenvalue weighted by molar-refractivity contribution is 7.17. The summed E-state index contributed by atoms with van der Waals surface area (Å²) in [5.41, 5.74) is 0.991. The van der Waals surface area contributed by atoms with E-state index in [1.807, 2.05) is 29.6 Å². The van der Waals surface area contributed by atoms with Gasteiger partial charge in [-0.3, -0.25) is 14.2 Å². The second-order valence-electron chi connectivity index (χ2n) is 7.15. The van der Waals surface area contributed by atoms with Crippen molar-refractivity contribution in [2.24, 2.45) is 0 Å². The molecule has 164 valence electrons. The van der Waals surface area contributed by atoms with Crippen LogP contribution in [0.1, 0.15) is 18.1 Å². The van der Waals surface area contributed by atoms with Crippen molar-refractivity contribution in [1.82, 2.24) is 9.55 Å². The van der Waals surface area contributed by atoms with E-state index in [2.05, 4.69) is 17.2 Å². The third-order valence-corrected chi connectivity index (χ3v) is 5.94. The van der Waals surface area contributed by atoms with Gasteiger partial charge in [0.2, 0.25) is 5.91 Å². The summed E-state index contributed by atoms with van der Waals surface area (Å²) in [7, 11) is 0. The average molecular weight is 457 g/mol.